The lowest BCUT2D eigenvalue weighted by Crippen LogP contribution is -2.06. The fourth-order valence-corrected chi connectivity index (χ4v) is 2.24. The van der Waals surface area contributed by atoms with Crippen molar-refractivity contribution in [1.82, 2.24) is 0 Å². The third-order valence-corrected chi connectivity index (χ3v) is 3.23. The first-order valence-corrected chi connectivity index (χ1v) is 6.97. The van der Waals surface area contributed by atoms with Crippen LogP contribution in [0, 0.1) is 11.3 Å². The summed E-state index contributed by atoms with van der Waals surface area (Å²) >= 11 is 5.96. The highest BCUT2D eigenvalue weighted by Crippen LogP contribution is 2.21. The number of carbonyl (C=O) groups is 1. The summed E-state index contributed by atoms with van der Waals surface area (Å²) in [5, 5.41) is 9.43. The number of ether oxygens (including phenoxy) is 2. The molecule has 0 unspecified atom stereocenters. The highest BCUT2D eigenvalue weighted by atomic mass is 35.5. The average molecular weight is 316 g/mol. The summed E-state index contributed by atoms with van der Waals surface area (Å²) in [5.74, 6) is 0.275. The number of carbonyl (C=O) groups excluding carboxylic acids is 1. The van der Waals surface area contributed by atoms with Gasteiger partial charge in [-0.2, -0.15) is 5.26 Å². The normalized spacial score (nSPS) is 9.86. The molecule has 0 radical (unpaired) electrons. The van der Waals surface area contributed by atoms with E-state index >= 15 is 0 Å². The maximum absolute atomic E-state index is 11.4. The van der Waals surface area contributed by atoms with Crippen LogP contribution >= 0.6 is 11.6 Å². The van der Waals surface area contributed by atoms with Gasteiger partial charge in [-0.25, -0.2) is 0 Å². The molecule has 0 N–H and O–H groups in total. The topological polar surface area (TPSA) is 59.3 Å². The number of rotatable bonds is 5. The third-order valence-electron chi connectivity index (χ3n) is 3.02. The highest BCUT2D eigenvalue weighted by molar-refractivity contribution is 6.30. The standard InChI is InChI=1S/C17H14ClNO3/c1-21-17(20)9-14-4-2-3-5-16(14)22-11-13-6-12(10-19)7-15(18)8-13/h2-8H,9,11H2,1H3. The molecule has 22 heavy (non-hydrogen) atoms. The first-order chi connectivity index (χ1) is 10.6. The minimum Gasteiger partial charge on any atom is -0.489 e. The van der Waals surface area contributed by atoms with Crippen molar-refractivity contribution >= 4 is 17.6 Å². The number of para-hydroxylation sites is 1. The van der Waals surface area contributed by atoms with E-state index < -0.39 is 0 Å². The van der Waals surface area contributed by atoms with E-state index in [2.05, 4.69) is 10.8 Å². The van der Waals surface area contributed by atoms with Gasteiger partial charge in [-0.05, 0) is 29.8 Å². The van der Waals surface area contributed by atoms with E-state index in [0.717, 1.165) is 11.1 Å². The zero-order chi connectivity index (χ0) is 15.9. The van der Waals surface area contributed by atoms with E-state index in [1.54, 1.807) is 24.3 Å². The smallest absolute Gasteiger partial charge is 0.310 e. The quantitative estimate of drug-likeness (QED) is 0.792. The molecular weight excluding hydrogens is 302 g/mol. The van der Waals surface area contributed by atoms with Gasteiger partial charge in [0.05, 0.1) is 25.2 Å². The molecule has 0 saturated heterocycles. The minimum atomic E-state index is -0.328. The van der Waals surface area contributed by atoms with E-state index in [1.807, 2.05) is 18.2 Å². The zero-order valence-electron chi connectivity index (χ0n) is 12.0. The second kappa shape index (κ2) is 7.48. The van der Waals surface area contributed by atoms with Crippen LogP contribution in [0.4, 0.5) is 0 Å². The van der Waals surface area contributed by atoms with Gasteiger partial charge in [-0.15, -0.1) is 0 Å². The Balaban J connectivity index is 2.13. The molecule has 0 fully saturated rings. The Labute approximate surface area is 133 Å². The molecule has 2 rings (SSSR count). The van der Waals surface area contributed by atoms with Crippen LogP contribution in [-0.2, 0) is 22.6 Å². The zero-order valence-corrected chi connectivity index (χ0v) is 12.8. The Morgan fingerprint density at radius 2 is 2.05 bits per heavy atom. The van der Waals surface area contributed by atoms with Gasteiger partial charge in [0, 0.05) is 10.6 Å². The predicted octanol–water partition coefficient (Wildman–Crippen LogP) is 3.51. The predicted molar refractivity (Wildman–Crippen MR) is 82.7 cm³/mol. The number of methoxy groups -OCH3 is 1. The van der Waals surface area contributed by atoms with E-state index in [1.165, 1.54) is 7.11 Å². The summed E-state index contributed by atoms with van der Waals surface area (Å²) in [4.78, 5) is 11.4. The number of halogens is 1. The Hall–Kier alpha value is -2.51. The molecule has 0 bridgehead atoms. The van der Waals surface area contributed by atoms with Gasteiger partial charge in [0.15, 0.2) is 0 Å². The van der Waals surface area contributed by atoms with Gasteiger partial charge >= 0.3 is 5.97 Å². The third kappa shape index (κ3) is 4.24. The summed E-state index contributed by atoms with van der Waals surface area (Å²) in [6, 6.07) is 14.4. The molecule has 0 aromatic heterocycles. The molecule has 0 aliphatic rings. The van der Waals surface area contributed by atoms with Gasteiger partial charge in [-0.3, -0.25) is 4.79 Å². The Morgan fingerprint density at radius 1 is 1.27 bits per heavy atom. The van der Waals surface area contributed by atoms with E-state index in [-0.39, 0.29) is 19.0 Å². The van der Waals surface area contributed by atoms with Crippen LogP contribution in [0.5, 0.6) is 5.75 Å². The first-order valence-electron chi connectivity index (χ1n) is 6.59. The summed E-state index contributed by atoms with van der Waals surface area (Å²) in [6.07, 6.45) is 0.145. The molecule has 2 aromatic carbocycles. The molecule has 0 amide bonds. The second-order valence-corrected chi connectivity index (χ2v) is 5.05. The molecule has 0 heterocycles. The van der Waals surface area contributed by atoms with Crippen molar-refractivity contribution in [3.63, 3.8) is 0 Å². The molecule has 0 aliphatic heterocycles. The summed E-state index contributed by atoms with van der Waals surface area (Å²) in [7, 11) is 1.35. The number of esters is 1. The molecule has 2 aromatic rings. The second-order valence-electron chi connectivity index (χ2n) is 4.61. The van der Waals surface area contributed by atoms with Crippen LogP contribution in [0.2, 0.25) is 5.02 Å². The summed E-state index contributed by atoms with van der Waals surface area (Å²) in [5.41, 5.74) is 2.02. The van der Waals surface area contributed by atoms with Crippen molar-refractivity contribution in [2.45, 2.75) is 13.0 Å². The number of hydrogen-bond donors (Lipinski definition) is 0. The maximum Gasteiger partial charge on any atom is 0.310 e. The molecule has 0 spiro atoms. The summed E-state index contributed by atoms with van der Waals surface area (Å²) in [6.45, 7) is 0.257. The first kappa shape index (κ1) is 15.9. The molecule has 0 aliphatic carbocycles. The lowest BCUT2D eigenvalue weighted by Gasteiger charge is -2.11. The lowest BCUT2D eigenvalue weighted by molar-refractivity contribution is -0.139. The van der Waals surface area contributed by atoms with Gasteiger partial charge in [0.25, 0.3) is 0 Å². The van der Waals surface area contributed by atoms with Crippen molar-refractivity contribution in [2.75, 3.05) is 7.11 Å². The number of nitrogens with zero attached hydrogens (tertiary/aromatic N) is 1. The molecule has 112 valence electrons. The van der Waals surface area contributed by atoms with E-state index in [4.69, 9.17) is 21.6 Å². The van der Waals surface area contributed by atoms with Crippen LogP contribution in [-0.4, -0.2) is 13.1 Å². The van der Waals surface area contributed by atoms with Crippen molar-refractivity contribution in [2.24, 2.45) is 0 Å². The van der Waals surface area contributed by atoms with E-state index in [9.17, 15) is 4.79 Å². The van der Waals surface area contributed by atoms with Gasteiger partial charge < -0.3 is 9.47 Å². The van der Waals surface area contributed by atoms with Crippen molar-refractivity contribution in [3.05, 3.63) is 64.2 Å². The molecule has 0 atom stereocenters. The number of nitriles is 1. The molecule has 0 saturated carbocycles. The summed E-state index contributed by atoms with van der Waals surface area (Å²) < 4.78 is 10.4. The fourth-order valence-electron chi connectivity index (χ4n) is 1.98. The monoisotopic (exact) mass is 315 g/mol. The average Bonchev–Trinajstić information content (AvgIpc) is 2.53. The number of benzene rings is 2. The van der Waals surface area contributed by atoms with Crippen molar-refractivity contribution in [1.29, 1.82) is 5.26 Å². The minimum absolute atomic E-state index is 0.145. The Morgan fingerprint density at radius 3 is 2.77 bits per heavy atom. The Kier molecular flexibility index (Phi) is 5.40. The number of hydrogen-bond acceptors (Lipinski definition) is 4. The van der Waals surface area contributed by atoms with Crippen LogP contribution in [0.1, 0.15) is 16.7 Å². The Bertz CT molecular complexity index is 722. The van der Waals surface area contributed by atoms with Crippen LogP contribution in [0.25, 0.3) is 0 Å². The van der Waals surface area contributed by atoms with E-state index in [0.29, 0.717) is 16.3 Å². The highest BCUT2D eigenvalue weighted by Gasteiger charge is 2.09. The van der Waals surface area contributed by atoms with Crippen LogP contribution < -0.4 is 4.74 Å². The molecular formula is C17H14ClNO3. The van der Waals surface area contributed by atoms with Crippen molar-refractivity contribution < 1.29 is 14.3 Å². The largest absolute Gasteiger partial charge is 0.489 e. The maximum atomic E-state index is 11.4. The van der Waals surface area contributed by atoms with Crippen LogP contribution in [0.15, 0.2) is 42.5 Å². The molecule has 4 nitrogen and oxygen atoms in total. The van der Waals surface area contributed by atoms with Crippen molar-refractivity contribution in [3.8, 4) is 11.8 Å². The lowest BCUT2D eigenvalue weighted by atomic mass is 10.1. The fraction of sp³-hybridized carbons (Fsp3) is 0.176. The SMILES string of the molecule is COC(=O)Cc1ccccc1OCc1cc(Cl)cc(C#N)c1. The van der Waals surface area contributed by atoms with Crippen LogP contribution in [0.3, 0.4) is 0 Å². The molecule has 5 heteroatoms. The van der Waals surface area contributed by atoms with Gasteiger partial charge in [-0.1, -0.05) is 29.8 Å². The van der Waals surface area contributed by atoms with Gasteiger partial charge in [0.1, 0.15) is 12.4 Å². The van der Waals surface area contributed by atoms with Gasteiger partial charge in [0.2, 0.25) is 0 Å².